The third-order valence-corrected chi connectivity index (χ3v) is 6.79. The van der Waals surface area contributed by atoms with E-state index in [0.29, 0.717) is 43.1 Å². The van der Waals surface area contributed by atoms with Crippen LogP contribution in [-0.2, 0) is 20.9 Å². The minimum absolute atomic E-state index is 0.0206. The van der Waals surface area contributed by atoms with Gasteiger partial charge in [0.25, 0.3) is 0 Å². The number of morpholine rings is 1. The molecule has 3 aromatic rings. The number of ether oxygens (including phenoxy) is 2. The summed E-state index contributed by atoms with van der Waals surface area (Å²) in [7, 11) is -4.07. The van der Waals surface area contributed by atoms with Gasteiger partial charge in [-0.15, -0.1) is 0 Å². The Bertz CT molecular complexity index is 1450. The smallest absolute Gasteiger partial charge is 0.417 e. The number of hydrogen-bond acceptors (Lipinski definition) is 6. The van der Waals surface area contributed by atoms with Gasteiger partial charge in [0.1, 0.15) is 22.5 Å². The van der Waals surface area contributed by atoms with E-state index in [9.17, 15) is 26.9 Å². The molecule has 1 aliphatic heterocycles. The van der Waals surface area contributed by atoms with Crippen LogP contribution in [0.4, 0.5) is 18.9 Å². The van der Waals surface area contributed by atoms with Crippen LogP contribution >= 0.6 is 11.6 Å². The van der Waals surface area contributed by atoms with Gasteiger partial charge in [-0.3, -0.25) is 0 Å². The average molecular weight is 538 g/mol. The Morgan fingerprint density at radius 1 is 1.08 bits per heavy atom. The Kier molecular flexibility index (Phi) is 7.15. The van der Waals surface area contributed by atoms with Gasteiger partial charge in [0.05, 0.1) is 35.1 Å². The number of hydrogen-bond donors (Lipinski definition) is 1. The summed E-state index contributed by atoms with van der Waals surface area (Å²) in [6, 6.07) is 14.2. The number of nitriles is 1. The number of nitrogens with zero attached hydrogens (tertiary/aromatic N) is 2. The predicted octanol–water partition coefficient (Wildman–Crippen LogP) is 5.17. The Balaban J connectivity index is 1.77. The van der Waals surface area contributed by atoms with Crippen molar-refractivity contribution >= 4 is 27.3 Å². The first-order valence-corrected chi connectivity index (χ1v) is 12.5. The molecule has 1 saturated heterocycles. The minimum atomic E-state index is -4.68. The Morgan fingerprint density at radius 3 is 2.44 bits per heavy atom. The normalized spacial score (nSPS) is 14.4. The quantitative estimate of drug-likeness (QED) is 0.481. The number of anilines is 1. The summed E-state index contributed by atoms with van der Waals surface area (Å²) in [4.78, 5) is 1.78. The number of primary sulfonamides is 1. The van der Waals surface area contributed by atoms with Crippen molar-refractivity contribution in [3.05, 3.63) is 70.7 Å². The van der Waals surface area contributed by atoms with Crippen LogP contribution in [0.5, 0.6) is 11.5 Å². The molecule has 1 aliphatic rings. The topological polar surface area (TPSA) is 106 Å². The molecule has 0 unspecified atom stereocenters. The maximum Gasteiger partial charge on any atom is 0.417 e. The van der Waals surface area contributed by atoms with Gasteiger partial charge < -0.3 is 14.4 Å². The molecular formula is C24H19ClF3N3O4S. The lowest BCUT2D eigenvalue weighted by atomic mass is 10.00. The second kappa shape index (κ2) is 9.99. The highest BCUT2D eigenvalue weighted by Crippen LogP contribution is 2.40. The number of benzene rings is 3. The van der Waals surface area contributed by atoms with Crippen molar-refractivity contribution in [2.45, 2.75) is 11.1 Å². The van der Waals surface area contributed by atoms with E-state index in [-0.39, 0.29) is 22.0 Å². The van der Waals surface area contributed by atoms with E-state index in [0.717, 1.165) is 12.1 Å². The highest BCUT2D eigenvalue weighted by molar-refractivity contribution is 7.89. The molecule has 0 radical (unpaired) electrons. The van der Waals surface area contributed by atoms with Crippen molar-refractivity contribution in [3.8, 4) is 28.7 Å². The number of alkyl halides is 3. The molecule has 0 aliphatic carbocycles. The van der Waals surface area contributed by atoms with Crippen LogP contribution in [0.1, 0.15) is 11.1 Å². The van der Waals surface area contributed by atoms with E-state index in [1.165, 1.54) is 24.3 Å². The zero-order valence-electron chi connectivity index (χ0n) is 18.5. The molecule has 2 N–H and O–H groups in total. The van der Waals surface area contributed by atoms with Gasteiger partial charge in [0.15, 0.2) is 0 Å². The predicted molar refractivity (Wildman–Crippen MR) is 128 cm³/mol. The number of rotatable bonds is 5. The Labute approximate surface area is 210 Å². The molecule has 0 spiro atoms. The number of halogens is 4. The van der Waals surface area contributed by atoms with Crippen LogP contribution in [0.15, 0.2) is 59.5 Å². The first-order chi connectivity index (χ1) is 17.0. The summed E-state index contributed by atoms with van der Waals surface area (Å²) in [6.45, 7) is 1.67. The first kappa shape index (κ1) is 25.8. The van der Waals surface area contributed by atoms with Crippen LogP contribution in [0.25, 0.3) is 11.1 Å². The summed E-state index contributed by atoms with van der Waals surface area (Å²) in [5, 5.41) is 14.7. The summed E-state index contributed by atoms with van der Waals surface area (Å²) >= 11 is 5.66. The largest absolute Gasteiger partial charge is 0.456 e. The molecule has 1 heterocycles. The Morgan fingerprint density at radius 2 is 1.81 bits per heavy atom. The van der Waals surface area contributed by atoms with Gasteiger partial charge in [0, 0.05) is 18.7 Å². The lowest BCUT2D eigenvalue weighted by Gasteiger charge is -2.32. The molecular weight excluding hydrogens is 519 g/mol. The number of para-hydroxylation sites is 1. The average Bonchev–Trinajstić information content (AvgIpc) is 2.84. The van der Waals surface area contributed by atoms with Crippen molar-refractivity contribution < 1.29 is 31.1 Å². The standard InChI is InChI=1S/C24H19ClF3N3O4S/c25-20-6-5-17(13-19(20)24(26,27)28)35-21-7-4-15(12-16(21)14-29)18-2-1-3-22(36(30,32)33)23(18)31-8-10-34-11-9-31/h1-7,12-13H,8-11H2,(H2,30,32,33). The fourth-order valence-corrected chi connectivity index (χ4v) is 4.89. The van der Waals surface area contributed by atoms with Crippen LogP contribution in [0.3, 0.4) is 0 Å². The summed E-state index contributed by atoms with van der Waals surface area (Å²) < 4.78 is 75.3. The molecule has 0 bridgehead atoms. The van der Waals surface area contributed by atoms with Gasteiger partial charge >= 0.3 is 6.18 Å². The second-order valence-corrected chi connectivity index (χ2v) is 9.80. The SMILES string of the molecule is N#Cc1cc(-c2cccc(S(N)(=O)=O)c2N2CCOCC2)ccc1Oc1ccc(Cl)c(C(F)(F)F)c1. The fraction of sp³-hybridized carbons (Fsp3) is 0.208. The Hall–Kier alpha value is -3.30. The second-order valence-electron chi connectivity index (χ2n) is 7.86. The molecule has 3 aromatic carbocycles. The van der Waals surface area contributed by atoms with Gasteiger partial charge in [-0.2, -0.15) is 18.4 Å². The van der Waals surface area contributed by atoms with Gasteiger partial charge in [-0.1, -0.05) is 29.8 Å². The minimum Gasteiger partial charge on any atom is -0.456 e. The van der Waals surface area contributed by atoms with Crippen LogP contribution in [-0.4, -0.2) is 34.7 Å². The zero-order valence-corrected chi connectivity index (χ0v) is 20.1. The highest BCUT2D eigenvalue weighted by atomic mass is 35.5. The van der Waals surface area contributed by atoms with E-state index in [2.05, 4.69) is 0 Å². The van der Waals surface area contributed by atoms with Gasteiger partial charge in [-0.25, -0.2) is 13.6 Å². The molecule has 0 aromatic heterocycles. The van der Waals surface area contributed by atoms with E-state index < -0.39 is 26.8 Å². The summed E-state index contributed by atoms with van der Waals surface area (Å²) in [6.07, 6.45) is -4.68. The van der Waals surface area contributed by atoms with Gasteiger partial charge in [0.2, 0.25) is 10.0 Å². The van der Waals surface area contributed by atoms with Crippen LogP contribution in [0.2, 0.25) is 5.02 Å². The maximum atomic E-state index is 13.2. The summed E-state index contributed by atoms with van der Waals surface area (Å²) in [5.74, 6) is -0.131. The lowest BCUT2D eigenvalue weighted by Crippen LogP contribution is -2.37. The molecule has 12 heteroatoms. The van der Waals surface area contributed by atoms with Crippen molar-refractivity contribution in [1.29, 1.82) is 5.26 Å². The van der Waals surface area contributed by atoms with Crippen molar-refractivity contribution in [3.63, 3.8) is 0 Å². The molecule has 1 fully saturated rings. The third-order valence-electron chi connectivity index (χ3n) is 5.51. The number of nitrogens with two attached hydrogens (primary N) is 1. The fourth-order valence-electron chi connectivity index (χ4n) is 3.88. The number of sulfonamides is 1. The van der Waals surface area contributed by atoms with Crippen LogP contribution in [0, 0.1) is 11.3 Å². The maximum absolute atomic E-state index is 13.2. The lowest BCUT2D eigenvalue weighted by molar-refractivity contribution is -0.137. The molecule has 4 rings (SSSR count). The van der Waals surface area contributed by atoms with Crippen molar-refractivity contribution in [2.24, 2.45) is 5.14 Å². The molecule has 36 heavy (non-hydrogen) atoms. The monoisotopic (exact) mass is 537 g/mol. The van der Waals surface area contributed by atoms with E-state index in [1.54, 1.807) is 18.2 Å². The van der Waals surface area contributed by atoms with Crippen LogP contribution < -0.4 is 14.8 Å². The molecule has 7 nitrogen and oxygen atoms in total. The summed E-state index contributed by atoms with van der Waals surface area (Å²) in [5.41, 5.74) is 0.361. The molecule has 0 saturated carbocycles. The van der Waals surface area contributed by atoms with E-state index in [4.69, 9.17) is 26.2 Å². The van der Waals surface area contributed by atoms with E-state index >= 15 is 0 Å². The van der Waals surface area contributed by atoms with E-state index in [1.807, 2.05) is 11.0 Å². The van der Waals surface area contributed by atoms with Gasteiger partial charge in [-0.05, 0) is 42.0 Å². The van der Waals surface area contributed by atoms with Crippen molar-refractivity contribution in [1.82, 2.24) is 0 Å². The first-order valence-electron chi connectivity index (χ1n) is 10.6. The highest BCUT2D eigenvalue weighted by Gasteiger charge is 2.33. The molecule has 0 atom stereocenters. The molecule has 188 valence electrons. The molecule has 0 amide bonds. The zero-order chi connectivity index (χ0) is 26.1. The third kappa shape index (κ3) is 5.42. The van der Waals surface area contributed by atoms with Crippen molar-refractivity contribution in [2.75, 3.05) is 31.2 Å².